The van der Waals surface area contributed by atoms with Gasteiger partial charge in [0.1, 0.15) is 6.04 Å². The molecule has 21 heavy (non-hydrogen) atoms. The second-order valence-electron chi connectivity index (χ2n) is 3.93. The summed E-state index contributed by atoms with van der Waals surface area (Å²) in [5.74, 6) is -0.292. The summed E-state index contributed by atoms with van der Waals surface area (Å²) in [5, 5.41) is 12.1. The van der Waals surface area contributed by atoms with Crippen LogP contribution in [0.4, 0.5) is 0 Å². The number of aromatic nitrogens is 2. The van der Waals surface area contributed by atoms with E-state index in [4.69, 9.17) is 16.7 Å². The summed E-state index contributed by atoms with van der Waals surface area (Å²) < 4.78 is 0. The molecule has 0 aliphatic carbocycles. The molecule has 1 aromatic heterocycles. The Bertz CT molecular complexity index is 517. The standard InChI is InChI=1S/C12H16ClN3O3S2/c1-3-21-12-14-6-7(13)9(16-12)10(17)15-8(11(18)19)4-5-20-2/h6,8H,3-5H2,1-2H3,(H,15,17)(H,18,19)/t8-/m1/s1. The van der Waals surface area contributed by atoms with Crippen molar-refractivity contribution < 1.29 is 14.7 Å². The second kappa shape index (κ2) is 9.11. The maximum absolute atomic E-state index is 12.1. The van der Waals surface area contributed by atoms with E-state index in [1.165, 1.54) is 29.7 Å². The van der Waals surface area contributed by atoms with Gasteiger partial charge in [-0.2, -0.15) is 11.8 Å². The number of carbonyl (C=O) groups is 2. The van der Waals surface area contributed by atoms with Crippen LogP contribution < -0.4 is 5.32 Å². The van der Waals surface area contributed by atoms with Crippen LogP contribution in [0, 0.1) is 0 Å². The number of thioether (sulfide) groups is 2. The predicted octanol–water partition coefficient (Wildman–Crippen LogP) is 2.18. The average Bonchev–Trinajstić information content (AvgIpc) is 2.45. The van der Waals surface area contributed by atoms with Crippen molar-refractivity contribution in [2.24, 2.45) is 0 Å². The summed E-state index contributed by atoms with van der Waals surface area (Å²) in [4.78, 5) is 31.3. The normalized spacial score (nSPS) is 12.0. The molecule has 0 radical (unpaired) electrons. The van der Waals surface area contributed by atoms with Crippen molar-refractivity contribution in [2.75, 3.05) is 17.8 Å². The van der Waals surface area contributed by atoms with Crippen LogP contribution in [0.2, 0.25) is 5.02 Å². The van der Waals surface area contributed by atoms with E-state index in [0.717, 1.165) is 5.75 Å². The molecular formula is C12H16ClN3O3S2. The molecule has 0 saturated heterocycles. The van der Waals surface area contributed by atoms with Gasteiger partial charge in [0.15, 0.2) is 10.9 Å². The van der Waals surface area contributed by atoms with Gasteiger partial charge in [0, 0.05) is 0 Å². The summed E-state index contributed by atoms with van der Waals surface area (Å²) in [7, 11) is 0. The van der Waals surface area contributed by atoms with E-state index in [2.05, 4.69) is 15.3 Å². The molecule has 0 aliphatic heterocycles. The van der Waals surface area contributed by atoms with Crippen LogP contribution in [0.5, 0.6) is 0 Å². The van der Waals surface area contributed by atoms with Gasteiger partial charge < -0.3 is 10.4 Å². The Labute approximate surface area is 136 Å². The molecule has 0 spiro atoms. The van der Waals surface area contributed by atoms with Gasteiger partial charge in [-0.15, -0.1) is 0 Å². The zero-order valence-corrected chi connectivity index (χ0v) is 14.0. The number of amides is 1. The third-order valence-electron chi connectivity index (χ3n) is 2.42. The first-order chi connectivity index (χ1) is 9.99. The van der Waals surface area contributed by atoms with Gasteiger partial charge in [-0.1, -0.05) is 30.3 Å². The van der Waals surface area contributed by atoms with E-state index in [0.29, 0.717) is 17.3 Å². The number of hydrogen-bond donors (Lipinski definition) is 2. The van der Waals surface area contributed by atoms with E-state index in [1.807, 2.05) is 13.2 Å². The number of carbonyl (C=O) groups excluding carboxylic acids is 1. The molecule has 116 valence electrons. The zero-order chi connectivity index (χ0) is 15.8. The van der Waals surface area contributed by atoms with E-state index in [-0.39, 0.29) is 10.7 Å². The van der Waals surface area contributed by atoms with Crippen LogP contribution in [0.15, 0.2) is 11.4 Å². The van der Waals surface area contributed by atoms with Gasteiger partial charge in [-0.3, -0.25) is 4.79 Å². The lowest BCUT2D eigenvalue weighted by molar-refractivity contribution is -0.139. The molecule has 2 N–H and O–H groups in total. The third-order valence-corrected chi connectivity index (χ3v) is 4.09. The molecule has 0 bridgehead atoms. The molecule has 1 atom stereocenters. The van der Waals surface area contributed by atoms with E-state index in [9.17, 15) is 9.59 Å². The average molecular weight is 350 g/mol. The Balaban J connectivity index is 2.86. The number of aliphatic carboxylic acids is 1. The van der Waals surface area contributed by atoms with E-state index in [1.54, 1.807) is 0 Å². The Morgan fingerprint density at radius 2 is 2.24 bits per heavy atom. The molecule has 1 aromatic rings. The van der Waals surface area contributed by atoms with Crippen molar-refractivity contribution in [3.8, 4) is 0 Å². The topological polar surface area (TPSA) is 92.2 Å². The lowest BCUT2D eigenvalue weighted by atomic mass is 10.2. The maximum Gasteiger partial charge on any atom is 0.326 e. The minimum atomic E-state index is -1.08. The zero-order valence-electron chi connectivity index (χ0n) is 11.6. The summed E-state index contributed by atoms with van der Waals surface area (Å²) in [6, 6.07) is -0.960. The lowest BCUT2D eigenvalue weighted by Gasteiger charge is -2.14. The first-order valence-corrected chi connectivity index (χ1v) is 8.93. The van der Waals surface area contributed by atoms with Crippen LogP contribution in [-0.4, -0.2) is 50.8 Å². The van der Waals surface area contributed by atoms with Crippen LogP contribution in [0.25, 0.3) is 0 Å². The molecule has 0 aromatic carbocycles. The fourth-order valence-corrected chi connectivity index (χ4v) is 2.62. The van der Waals surface area contributed by atoms with Crippen molar-refractivity contribution in [1.29, 1.82) is 0 Å². The number of nitrogens with one attached hydrogen (secondary N) is 1. The van der Waals surface area contributed by atoms with Crippen molar-refractivity contribution in [3.63, 3.8) is 0 Å². The Hall–Kier alpha value is -0.990. The highest BCUT2D eigenvalue weighted by Gasteiger charge is 2.22. The minimum absolute atomic E-state index is 0.00184. The fourth-order valence-electron chi connectivity index (χ4n) is 1.43. The molecule has 0 saturated carbocycles. The largest absolute Gasteiger partial charge is 0.480 e. The van der Waals surface area contributed by atoms with Gasteiger partial charge >= 0.3 is 5.97 Å². The number of carboxylic acid groups (broad SMARTS) is 1. The van der Waals surface area contributed by atoms with Gasteiger partial charge in [-0.05, 0) is 24.2 Å². The first-order valence-electron chi connectivity index (χ1n) is 6.17. The Kier molecular flexibility index (Phi) is 7.84. The maximum atomic E-state index is 12.1. The highest BCUT2D eigenvalue weighted by Crippen LogP contribution is 2.18. The molecule has 9 heteroatoms. The minimum Gasteiger partial charge on any atom is -0.480 e. The number of rotatable bonds is 8. The molecule has 1 amide bonds. The quantitative estimate of drug-likeness (QED) is 0.549. The number of nitrogens with zero attached hydrogens (tertiary/aromatic N) is 2. The number of carboxylic acids is 1. The van der Waals surface area contributed by atoms with Crippen molar-refractivity contribution in [1.82, 2.24) is 15.3 Å². The smallest absolute Gasteiger partial charge is 0.326 e. The molecular weight excluding hydrogens is 334 g/mol. The fraction of sp³-hybridized carbons (Fsp3) is 0.500. The molecule has 0 aliphatic rings. The lowest BCUT2D eigenvalue weighted by Crippen LogP contribution is -2.41. The van der Waals surface area contributed by atoms with Gasteiger partial charge in [-0.25, -0.2) is 14.8 Å². The number of halogens is 1. The second-order valence-corrected chi connectivity index (χ2v) is 6.55. The highest BCUT2D eigenvalue weighted by atomic mass is 35.5. The Morgan fingerprint density at radius 1 is 1.52 bits per heavy atom. The van der Waals surface area contributed by atoms with Crippen molar-refractivity contribution >= 4 is 47.0 Å². The van der Waals surface area contributed by atoms with E-state index >= 15 is 0 Å². The van der Waals surface area contributed by atoms with Crippen LogP contribution in [0.1, 0.15) is 23.8 Å². The predicted molar refractivity (Wildman–Crippen MR) is 85.3 cm³/mol. The first kappa shape index (κ1) is 18.1. The monoisotopic (exact) mass is 349 g/mol. The van der Waals surface area contributed by atoms with Gasteiger partial charge in [0.2, 0.25) is 0 Å². The van der Waals surface area contributed by atoms with Crippen LogP contribution in [0.3, 0.4) is 0 Å². The Morgan fingerprint density at radius 3 is 2.81 bits per heavy atom. The molecule has 0 unspecified atom stereocenters. The summed E-state index contributed by atoms with van der Waals surface area (Å²) in [6.45, 7) is 1.94. The summed E-state index contributed by atoms with van der Waals surface area (Å²) >= 11 is 8.80. The van der Waals surface area contributed by atoms with Crippen LogP contribution >= 0.6 is 35.1 Å². The molecule has 6 nitrogen and oxygen atoms in total. The van der Waals surface area contributed by atoms with Gasteiger partial charge in [0.05, 0.1) is 11.2 Å². The van der Waals surface area contributed by atoms with Crippen molar-refractivity contribution in [3.05, 3.63) is 16.9 Å². The SMILES string of the molecule is CCSc1ncc(Cl)c(C(=O)N[C@H](CCSC)C(=O)O)n1. The van der Waals surface area contributed by atoms with Gasteiger partial charge in [0.25, 0.3) is 5.91 Å². The highest BCUT2D eigenvalue weighted by molar-refractivity contribution is 7.99. The summed E-state index contributed by atoms with van der Waals surface area (Å²) in [6.07, 6.45) is 3.55. The van der Waals surface area contributed by atoms with Crippen LogP contribution in [-0.2, 0) is 4.79 Å². The molecule has 1 rings (SSSR count). The molecule has 0 fully saturated rings. The third kappa shape index (κ3) is 5.72. The number of hydrogen-bond acceptors (Lipinski definition) is 6. The van der Waals surface area contributed by atoms with E-state index < -0.39 is 17.9 Å². The molecule has 1 heterocycles. The van der Waals surface area contributed by atoms with Crippen molar-refractivity contribution in [2.45, 2.75) is 24.5 Å². The summed E-state index contributed by atoms with van der Waals surface area (Å²) in [5.41, 5.74) is -0.00184.